The maximum Gasteiger partial charge on any atom is 0.105 e. The topological polar surface area (TPSA) is 43.6 Å². The molecule has 4 heteroatoms. The molecule has 3 unspecified atom stereocenters. The van der Waals surface area contributed by atoms with Gasteiger partial charge >= 0.3 is 0 Å². The molecule has 2 saturated heterocycles. The summed E-state index contributed by atoms with van der Waals surface area (Å²) in [5, 5.41) is 3.71. The summed E-state index contributed by atoms with van der Waals surface area (Å²) in [6, 6.07) is 4.93. The zero-order valence-corrected chi connectivity index (χ0v) is 11.6. The van der Waals surface area contributed by atoms with E-state index in [0.717, 1.165) is 51.3 Å². The molecule has 4 nitrogen and oxygen atoms in total. The summed E-state index contributed by atoms with van der Waals surface area (Å²) in [7, 11) is 0. The molecule has 1 spiro atoms. The zero-order valence-electron chi connectivity index (χ0n) is 11.6. The summed E-state index contributed by atoms with van der Waals surface area (Å²) in [4.78, 5) is 0. The minimum atomic E-state index is -0.0136. The highest BCUT2D eigenvalue weighted by Crippen LogP contribution is 2.33. The van der Waals surface area contributed by atoms with Gasteiger partial charge < -0.3 is 19.2 Å². The summed E-state index contributed by atoms with van der Waals surface area (Å²) in [6.45, 7) is 4.66. The van der Waals surface area contributed by atoms with E-state index in [9.17, 15) is 0 Å². The van der Waals surface area contributed by atoms with E-state index in [1.807, 2.05) is 12.1 Å². The number of nitrogens with one attached hydrogen (secondary N) is 1. The molecule has 2 aliphatic heterocycles. The van der Waals surface area contributed by atoms with Crippen molar-refractivity contribution in [1.82, 2.24) is 5.32 Å². The van der Waals surface area contributed by atoms with Crippen LogP contribution in [-0.4, -0.2) is 37.5 Å². The fourth-order valence-electron chi connectivity index (χ4n) is 3.23. The van der Waals surface area contributed by atoms with Crippen LogP contribution in [0.3, 0.4) is 0 Å². The second kappa shape index (κ2) is 5.65. The van der Waals surface area contributed by atoms with Crippen molar-refractivity contribution < 1.29 is 13.9 Å². The van der Waals surface area contributed by atoms with Gasteiger partial charge in [-0.1, -0.05) is 0 Å². The Balaban J connectivity index is 1.51. The van der Waals surface area contributed by atoms with Crippen molar-refractivity contribution in [3.63, 3.8) is 0 Å². The third kappa shape index (κ3) is 3.19. The minimum Gasteiger partial charge on any atom is -0.469 e. The van der Waals surface area contributed by atoms with Gasteiger partial charge in [0.05, 0.1) is 18.5 Å². The van der Waals surface area contributed by atoms with Gasteiger partial charge in [0.15, 0.2) is 0 Å². The van der Waals surface area contributed by atoms with Crippen LogP contribution >= 0.6 is 0 Å². The molecule has 19 heavy (non-hydrogen) atoms. The second-order valence-corrected chi connectivity index (χ2v) is 5.87. The predicted octanol–water partition coefficient (Wildman–Crippen LogP) is 2.14. The summed E-state index contributed by atoms with van der Waals surface area (Å²) in [5.41, 5.74) is -0.0136. The first-order valence-corrected chi connectivity index (χ1v) is 7.26. The third-order valence-electron chi connectivity index (χ3n) is 4.17. The van der Waals surface area contributed by atoms with Crippen molar-refractivity contribution in [3.8, 4) is 0 Å². The third-order valence-corrected chi connectivity index (χ3v) is 4.17. The molecule has 3 heterocycles. The smallest absolute Gasteiger partial charge is 0.105 e. The Bertz CT molecular complexity index is 384. The molecule has 0 bridgehead atoms. The Morgan fingerprint density at radius 2 is 2.42 bits per heavy atom. The van der Waals surface area contributed by atoms with E-state index in [1.165, 1.54) is 0 Å². The number of rotatable bonds is 4. The summed E-state index contributed by atoms with van der Waals surface area (Å²) >= 11 is 0. The molecule has 2 fully saturated rings. The van der Waals surface area contributed by atoms with E-state index < -0.39 is 0 Å². The Hall–Kier alpha value is -0.840. The number of furan rings is 1. The largest absolute Gasteiger partial charge is 0.469 e. The molecule has 0 aliphatic carbocycles. The van der Waals surface area contributed by atoms with Gasteiger partial charge in [-0.3, -0.25) is 0 Å². The maximum absolute atomic E-state index is 5.96. The van der Waals surface area contributed by atoms with Gasteiger partial charge in [0, 0.05) is 38.1 Å². The zero-order chi connectivity index (χ0) is 13.1. The molecule has 0 amide bonds. The van der Waals surface area contributed by atoms with Gasteiger partial charge in [0.25, 0.3) is 0 Å². The van der Waals surface area contributed by atoms with E-state index in [4.69, 9.17) is 13.9 Å². The molecule has 1 aromatic rings. The van der Waals surface area contributed by atoms with Crippen LogP contribution in [0.4, 0.5) is 0 Å². The van der Waals surface area contributed by atoms with Crippen LogP contribution in [0.5, 0.6) is 0 Å². The van der Waals surface area contributed by atoms with Crippen molar-refractivity contribution in [2.24, 2.45) is 0 Å². The van der Waals surface area contributed by atoms with Gasteiger partial charge in [-0.05, 0) is 31.9 Å². The summed E-state index contributed by atoms with van der Waals surface area (Å²) in [5.74, 6) is 1.05. The molecule has 0 aromatic carbocycles. The molecule has 0 radical (unpaired) electrons. The van der Waals surface area contributed by atoms with Crippen LogP contribution < -0.4 is 5.32 Å². The van der Waals surface area contributed by atoms with Crippen molar-refractivity contribution in [2.45, 2.75) is 50.3 Å². The van der Waals surface area contributed by atoms with Gasteiger partial charge in [-0.15, -0.1) is 0 Å². The van der Waals surface area contributed by atoms with Gasteiger partial charge in [0.1, 0.15) is 5.76 Å². The van der Waals surface area contributed by atoms with Crippen molar-refractivity contribution in [1.29, 1.82) is 0 Å². The quantitative estimate of drug-likeness (QED) is 0.906. The average molecular weight is 265 g/mol. The molecule has 3 rings (SSSR count). The van der Waals surface area contributed by atoms with Gasteiger partial charge in [-0.2, -0.15) is 0 Å². The Kier molecular flexibility index (Phi) is 3.91. The molecular formula is C15H23NO3. The Labute approximate surface area is 114 Å². The fraction of sp³-hybridized carbons (Fsp3) is 0.733. The van der Waals surface area contributed by atoms with Crippen LogP contribution in [0.1, 0.15) is 31.9 Å². The minimum absolute atomic E-state index is 0.0136. The first-order valence-electron chi connectivity index (χ1n) is 7.26. The lowest BCUT2D eigenvalue weighted by Gasteiger charge is -2.38. The Morgan fingerprint density at radius 3 is 3.16 bits per heavy atom. The van der Waals surface area contributed by atoms with Crippen molar-refractivity contribution in [3.05, 3.63) is 24.2 Å². The van der Waals surface area contributed by atoms with E-state index in [-0.39, 0.29) is 5.60 Å². The number of ether oxygens (including phenoxy) is 2. The van der Waals surface area contributed by atoms with Crippen LogP contribution in [0, 0.1) is 0 Å². The maximum atomic E-state index is 5.96. The molecular weight excluding hydrogens is 242 g/mol. The number of hydrogen-bond donors (Lipinski definition) is 1. The van der Waals surface area contributed by atoms with E-state index in [2.05, 4.69) is 12.2 Å². The first-order chi connectivity index (χ1) is 9.26. The summed E-state index contributed by atoms with van der Waals surface area (Å²) < 4.78 is 16.9. The van der Waals surface area contributed by atoms with Gasteiger partial charge in [-0.25, -0.2) is 0 Å². The Morgan fingerprint density at radius 1 is 1.47 bits per heavy atom. The van der Waals surface area contributed by atoms with Crippen LogP contribution in [0.15, 0.2) is 22.8 Å². The van der Waals surface area contributed by atoms with Crippen LogP contribution in [0.2, 0.25) is 0 Å². The van der Waals surface area contributed by atoms with Crippen LogP contribution in [0.25, 0.3) is 0 Å². The highest BCUT2D eigenvalue weighted by atomic mass is 16.6. The second-order valence-electron chi connectivity index (χ2n) is 5.87. The average Bonchev–Trinajstić information content (AvgIpc) is 3.02. The molecule has 3 atom stereocenters. The SMILES string of the molecule is CC(Cc1ccco1)NC1CCOC2(CCOC2)C1. The number of hydrogen-bond acceptors (Lipinski definition) is 4. The first kappa shape index (κ1) is 13.2. The molecule has 0 saturated carbocycles. The monoisotopic (exact) mass is 265 g/mol. The fourth-order valence-corrected chi connectivity index (χ4v) is 3.23. The molecule has 1 N–H and O–H groups in total. The lowest BCUT2D eigenvalue weighted by Crippen LogP contribution is -2.49. The van der Waals surface area contributed by atoms with E-state index in [0.29, 0.717) is 12.1 Å². The molecule has 1 aromatic heterocycles. The van der Waals surface area contributed by atoms with Crippen molar-refractivity contribution >= 4 is 0 Å². The lowest BCUT2D eigenvalue weighted by atomic mass is 9.89. The highest BCUT2D eigenvalue weighted by molar-refractivity contribution is 5.01. The van der Waals surface area contributed by atoms with E-state index in [1.54, 1.807) is 6.26 Å². The predicted molar refractivity (Wildman–Crippen MR) is 72.2 cm³/mol. The van der Waals surface area contributed by atoms with Crippen LogP contribution in [-0.2, 0) is 15.9 Å². The van der Waals surface area contributed by atoms with Crippen molar-refractivity contribution in [2.75, 3.05) is 19.8 Å². The van der Waals surface area contributed by atoms with Gasteiger partial charge in [0.2, 0.25) is 0 Å². The highest BCUT2D eigenvalue weighted by Gasteiger charge is 2.41. The summed E-state index contributed by atoms with van der Waals surface area (Å²) in [6.07, 6.45) is 5.87. The van der Waals surface area contributed by atoms with E-state index >= 15 is 0 Å². The lowest BCUT2D eigenvalue weighted by molar-refractivity contribution is -0.0901. The normalized spacial score (nSPS) is 32.8. The molecule has 2 aliphatic rings. The standard InChI is InChI=1S/C15H23NO3/c1-12(9-14-3-2-6-18-14)16-13-4-7-19-15(10-13)5-8-17-11-15/h2-3,6,12-13,16H,4-5,7-11H2,1H3. The molecule has 106 valence electrons.